The Labute approximate surface area is 204 Å². The number of carbonyl (C=O) groups is 5. The Morgan fingerprint density at radius 2 is 1.66 bits per heavy atom. The van der Waals surface area contributed by atoms with Gasteiger partial charge in [0.25, 0.3) is 11.8 Å². The van der Waals surface area contributed by atoms with Gasteiger partial charge in [0.05, 0.1) is 16.8 Å². The number of piperidine rings is 3. The van der Waals surface area contributed by atoms with Gasteiger partial charge >= 0.3 is 0 Å². The Morgan fingerprint density at radius 3 is 2.31 bits per heavy atom. The fourth-order valence-electron chi connectivity index (χ4n) is 5.96. The number of likely N-dealkylation sites (tertiary alicyclic amines) is 1. The molecule has 2 N–H and O–H groups in total. The van der Waals surface area contributed by atoms with Crippen molar-refractivity contribution in [2.45, 2.75) is 50.6 Å². The Bertz CT molecular complexity index is 1070. The quantitative estimate of drug-likeness (QED) is 0.602. The molecule has 0 saturated carbocycles. The van der Waals surface area contributed by atoms with E-state index >= 15 is 0 Å². The Hall–Kier alpha value is -3.27. The largest absolute Gasteiger partial charge is 0.371 e. The number of hydrogen-bond acceptors (Lipinski definition) is 7. The normalized spacial score (nSPS) is 24.5. The second kappa shape index (κ2) is 9.41. The standard InChI is InChI=1S/C25H31N5O5/c1-26-22(32)15-7-11-28(12-8-15)16-9-13-29(14-10-16)18-4-2-3-17-21(18)25(35)30(24(17)34)19-5-6-20(31)27-23(19)33/h2-4,15-16,19H,5-14H2,1H3,(H,26,32)(H,27,31,33). The molecule has 5 amide bonds. The van der Waals surface area contributed by atoms with Gasteiger partial charge in [0.2, 0.25) is 17.7 Å². The van der Waals surface area contributed by atoms with Crippen molar-refractivity contribution in [1.29, 1.82) is 0 Å². The first kappa shape index (κ1) is 23.5. The molecule has 0 aliphatic carbocycles. The predicted molar refractivity (Wildman–Crippen MR) is 127 cm³/mol. The fraction of sp³-hybridized carbons (Fsp3) is 0.560. The van der Waals surface area contributed by atoms with Crippen LogP contribution in [0.15, 0.2) is 18.2 Å². The van der Waals surface area contributed by atoms with E-state index in [4.69, 9.17) is 0 Å². The van der Waals surface area contributed by atoms with E-state index in [1.54, 1.807) is 19.2 Å². The monoisotopic (exact) mass is 481 g/mol. The first-order valence-corrected chi connectivity index (χ1v) is 12.4. The molecule has 10 nitrogen and oxygen atoms in total. The van der Waals surface area contributed by atoms with Crippen LogP contribution in [0.2, 0.25) is 0 Å². The van der Waals surface area contributed by atoms with Crippen molar-refractivity contribution in [2.24, 2.45) is 5.92 Å². The summed E-state index contributed by atoms with van der Waals surface area (Å²) in [5.74, 6) is -1.70. The van der Waals surface area contributed by atoms with Gasteiger partial charge < -0.3 is 15.1 Å². The SMILES string of the molecule is CNC(=O)C1CCN(C2CCN(c3cccc4c3C(=O)N(C3CCC(=O)NC3=O)C4=O)CC2)CC1. The summed E-state index contributed by atoms with van der Waals surface area (Å²) in [6.07, 6.45) is 3.87. The number of rotatable bonds is 4. The third-order valence-corrected chi connectivity index (χ3v) is 7.91. The number of imide groups is 2. The maximum Gasteiger partial charge on any atom is 0.264 e. The summed E-state index contributed by atoms with van der Waals surface area (Å²) >= 11 is 0. The lowest BCUT2D eigenvalue weighted by molar-refractivity contribution is -0.136. The van der Waals surface area contributed by atoms with Gasteiger partial charge in [-0.3, -0.25) is 34.2 Å². The highest BCUT2D eigenvalue weighted by atomic mass is 16.2. The van der Waals surface area contributed by atoms with Crippen LogP contribution < -0.4 is 15.5 Å². The number of nitrogens with one attached hydrogen (secondary N) is 2. The van der Waals surface area contributed by atoms with E-state index in [2.05, 4.69) is 20.4 Å². The second-order valence-corrected chi connectivity index (χ2v) is 9.79. The number of benzene rings is 1. The number of nitrogens with zero attached hydrogens (tertiary/aromatic N) is 3. The molecule has 10 heteroatoms. The molecule has 35 heavy (non-hydrogen) atoms. The topological polar surface area (TPSA) is 119 Å². The lowest BCUT2D eigenvalue weighted by atomic mass is 9.92. The number of amides is 5. The average molecular weight is 482 g/mol. The van der Waals surface area contributed by atoms with E-state index in [9.17, 15) is 24.0 Å². The summed E-state index contributed by atoms with van der Waals surface area (Å²) in [7, 11) is 1.69. The molecule has 1 atom stereocenters. The van der Waals surface area contributed by atoms with Gasteiger partial charge in [-0.2, -0.15) is 0 Å². The maximum absolute atomic E-state index is 13.4. The number of carbonyl (C=O) groups excluding carboxylic acids is 5. The van der Waals surface area contributed by atoms with Crippen molar-refractivity contribution in [3.05, 3.63) is 29.3 Å². The highest BCUT2D eigenvalue weighted by molar-refractivity contribution is 6.25. The van der Waals surface area contributed by atoms with E-state index in [1.165, 1.54) is 0 Å². The highest BCUT2D eigenvalue weighted by Crippen LogP contribution is 2.36. The lowest BCUT2D eigenvalue weighted by Crippen LogP contribution is -2.54. The molecule has 186 valence electrons. The minimum atomic E-state index is -0.962. The van der Waals surface area contributed by atoms with Crippen LogP contribution in [0.5, 0.6) is 0 Å². The molecule has 4 aliphatic heterocycles. The van der Waals surface area contributed by atoms with E-state index < -0.39 is 23.8 Å². The molecule has 1 unspecified atom stereocenters. The summed E-state index contributed by atoms with van der Waals surface area (Å²) in [5.41, 5.74) is 1.40. The Morgan fingerprint density at radius 1 is 0.943 bits per heavy atom. The third-order valence-electron chi connectivity index (χ3n) is 7.91. The fourth-order valence-corrected chi connectivity index (χ4v) is 5.96. The van der Waals surface area contributed by atoms with Crippen molar-refractivity contribution in [3.8, 4) is 0 Å². The lowest BCUT2D eigenvalue weighted by Gasteiger charge is -2.42. The van der Waals surface area contributed by atoms with Gasteiger partial charge in [-0.05, 0) is 57.3 Å². The third kappa shape index (κ3) is 4.20. The van der Waals surface area contributed by atoms with Crippen LogP contribution in [-0.2, 0) is 14.4 Å². The molecule has 0 spiro atoms. The van der Waals surface area contributed by atoms with E-state index in [0.29, 0.717) is 17.2 Å². The summed E-state index contributed by atoms with van der Waals surface area (Å²) in [4.78, 5) is 68.0. The molecular formula is C25H31N5O5. The first-order valence-electron chi connectivity index (χ1n) is 12.4. The minimum absolute atomic E-state index is 0.0964. The zero-order valence-corrected chi connectivity index (χ0v) is 19.9. The smallest absolute Gasteiger partial charge is 0.264 e. The van der Waals surface area contributed by atoms with Crippen LogP contribution in [-0.4, -0.2) is 84.6 Å². The maximum atomic E-state index is 13.4. The molecule has 4 aliphatic rings. The van der Waals surface area contributed by atoms with Crippen LogP contribution in [0.1, 0.15) is 59.2 Å². The predicted octanol–water partition coefficient (Wildman–Crippen LogP) is 0.515. The number of anilines is 1. The van der Waals surface area contributed by atoms with Crippen LogP contribution in [0, 0.1) is 5.92 Å². The molecule has 3 saturated heterocycles. The highest BCUT2D eigenvalue weighted by Gasteiger charge is 2.46. The average Bonchev–Trinajstić information content (AvgIpc) is 3.14. The number of hydrogen-bond donors (Lipinski definition) is 2. The van der Waals surface area contributed by atoms with E-state index in [-0.39, 0.29) is 30.6 Å². The van der Waals surface area contributed by atoms with Crippen molar-refractivity contribution in [3.63, 3.8) is 0 Å². The van der Waals surface area contributed by atoms with Crippen LogP contribution in [0.4, 0.5) is 5.69 Å². The van der Waals surface area contributed by atoms with Crippen molar-refractivity contribution < 1.29 is 24.0 Å². The molecule has 0 radical (unpaired) electrons. The zero-order valence-electron chi connectivity index (χ0n) is 19.9. The van der Waals surface area contributed by atoms with Crippen LogP contribution in [0.3, 0.4) is 0 Å². The van der Waals surface area contributed by atoms with E-state index in [0.717, 1.165) is 62.4 Å². The second-order valence-electron chi connectivity index (χ2n) is 9.79. The molecule has 1 aromatic rings. The van der Waals surface area contributed by atoms with E-state index in [1.807, 2.05) is 6.07 Å². The Balaban J connectivity index is 1.26. The zero-order chi connectivity index (χ0) is 24.7. The van der Waals surface area contributed by atoms with Crippen molar-refractivity contribution in [1.82, 2.24) is 20.4 Å². The molecule has 5 rings (SSSR count). The molecule has 0 aromatic heterocycles. The van der Waals surface area contributed by atoms with Gasteiger partial charge in [-0.25, -0.2) is 0 Å². The van der Waals surface area contributed by atoms with Gasteiger partial charge in [-0.15, -0.1) is 0 Å². The molecule has 4 heterocycles. The molecule has 0 bridgehead atoms. The van der Waals surface area contributed by atoms with Gasteiger partial charge in [0.1, 0.15) is 6.04 Å². The first-order chi connectivity index (χ1) is 16.9. The summed E-state index contributed by atoms with van der Waals surface area (Å²) in [6, 6.07) is 4.76. The molecule has 3 fully saturated rings. The van der Waals surface area contributed by atoms with Gasteiger partial charge in [-0.1, -0.05) is 6.07 Å². The molecule has 1 aromatic carbocycles. The van der Waals surface area contributed by atoms with Crippen molar-refractivity contribution >= 4 is 35.2 Å². The summed E-state index contributed by atoms with van der Waals surface area (Å²) in [5, 5.41) is 4.99. The van der Waals surface area contributed by atoms with Gasteiger partial charge in [0.15, 0.2) is 0 Å². The number of fused-ring (bicyclic) bond motifs is 1. The molecular weight excluding hydrogens is 450 g/mol. The minimum Gasteiger partial charge on any atom is -0.371 e. The van der Waals surface area contributed by atoms with Crippen molar-refractivity contribution in [2.75, 3.05) is 38.1 Å². The van der Waals surface area contributed by atoms with Gasteiger partial charge in [0, 0.05) is 38.5 Å². The van der Waals surface area contributed by atoms with Crippen LogP contribution in [0.25, 0.3) is 0 Å². The summed E-state index contributed by atoms with van der Waals surface area (Å²) in [6.45, 7) is 3.35. The Kier molecular flexibility index (Phi) is 6.31. The van der Waals surface area contributed by atoms with Crippen LogP contribution >= 0.6 is 0 Å². The summed E-state index contributed by atoms with van der Waals surface area (Å²) < 4.78 is 0.